The number of allylic oxidation sites excluding steroid dienone is 1. The predicted octanol–water partition coefficient (Wildman–Crippen LogP) is 1.23. The summed E-state index contributed by atoms with van der Waals surface area (Å²) in [6.45, 7) is 7.54. The number of urea groups is 1. The maximum atomic E-state index is 12.5. The number of amides is 2. The summed E-state index contributed by atoms with van der Waals surface area (Å²) >= 11 is 0. The molecule has 27 heavy (non-hydrogen) atoms. The van der Waals surface area contributed by atoms with Crippen LogP contribution in [0.4, 0.5) is 4.79 Å². The number of ether oxygens (including phenoxy) is 2. The summed E-state index contributed by atoms with van der Waals surface area (Å²) in [5.41, 5.74) is 5.62. The van der Waals surface area contributed by atoms with Crippen molar-refractivity contribution >= 4 is 22.0 Å². The van der Waals surface area contributed by atoms with Crippen LogP contribution in [0, 0.1) is 0 Å². The lowest BCUT2D eigenvalue weighted by Gasteiger charge is -2.25. The molecule has 1 aromatic rings. The zero-order chi connectivity index (χ0) is 19.9. The van der Waals surface area contributed by atoms with E-state index in [-0.39, 0.29) is 23.1 Å². The molecule has 0 unspecified atom stereocenters. The molecule has 0 atom stereocenters. The van der Waals surface area contributed by atoms with Gasteiger partial charge in [-0.2, -0.15) is 0 Å². The van der Waals surface area contributed by atoms with Gasteiger partial charge in [-0.1, -0.05) is 29.9 Å². The van der Waals surface area contributed by atoms with E-state index in [1.165, 1.54) is 24.3 Å². The summed E-state index contributed by atoms with van der Waals surface area (Å²) in [4.78, 5) is 11.9. The molecule has 2 amide bonds. The van der Waals surface area contributed by atoms with E-state index >= 15 is 0 Å². The van der Waals surface area contributed by atoms with Crippen LogP contribution < -0.4 is 20.3 Å². The van der Waals surface area contributed by atoms with Crippen LogP contribution in [0.15, 0.2) is 58.7 Å². The summed E-state index contributed by atoms with van der Waals surface area (Å²) in [7, 11) is -4.18. The summed E-state index contributed by atoms with van der Waals surface area (Å²) in [6.07, 6.45) is 3.11. The zero-order valence-corrected chi connectivity index (χ0v) is 15.7. The monoisotopic (exact) mass is 395 g/mol. The van der Waals surface area contributed by atoms with Crippen LogP contribution in [-0.4, -0.2) is 38.8 Å². The van der Waals surface area contributed by atoms with Gasteiger partial charge < -0.3 is 9.47 Å². The fraction of sp³-hybridized carbons (Fsp3) is 0.250. The molecule has 2 rings (SSSR count). The van der Waals surface area contributed by atoms with Crippen molar-refractivity contribution in [3.8, 4) is 5.75 Å². The van der Waals surface area contributed by atoms with Gasteiger partial charge in [-0.25, -0.2) is 23.4 Å². The fourth-order valence-corrected chi connectivity index (χ4v) is 3.09. The highest BCUT2D eigenvalue weighted by Crippen LogP contribution is 2.23. The van der Waals surface area contributed by atoms with Gasteiger partial charge in [0.1, 0.15) is 17.3 Å². The van der Waals surface area contributed by atoms with Gasteiger partial charge in [-0.15, -0.1) is 5.23 Å². The van der Waals surface area contributed by atoms with Crippen LogP contribution in [0.3, 0.4) is 0 Å². The van der Waals surface area contributed by atoms with Crippen molar-refractivity contribution in [2.75, 3.05) is 13.2 Å². The summed E-state index contributed by atoms with van der Waals surface area (Å²) in [5, 5.41) is 4.91. The van der Waals surface area contributed by atoms with E-state index in [0.29, 0.717) is 12.3 Å². The van der Waals surface area contributed by atoms with Crippen LogP contribution in [0.2, 0.25) is 0 Å². The molecular weight excluding hydrogens is 374 g/mol. The van der Waals surface area contributed by atoms with Crippen molar-refractivity contribution in [3.63, 3.8) is 0 Å². The second-order valence-corrected chi connectivity index (χ2v) is 6.87. The Balaban J connectivity index is 2.09. The van der Waals surface area contributed by atoms with Crippen molar-refractivity contribution in [1.29, 1.82) is 0 Å². The largest absolute Gasteiger partial charge is 0.488 e. The quantitative estimate of drug-likeness (QED) is 0.594. The van der Waals surface area contributed by atoms with Crippen molar-refractivity contribution in [2.45, 2.75) is 18.7 Å². The Morgan fingerprint density at radius 3 is 2.81 bits per heavy atom. The molecular formula is C16H21N5O5S. The Morgan fingerprint density at radius 2 is 2.11 bits per heavy atom. The summed E-state index contributed by atoms with van der Waals surface area (Å²) in [6, 6.07) is 4.93. The Labute approximate surface area is 157 Å². The average Bonchev–Trinajstić information content (AvgIpc) is 2.59. The van der Waals surface area contributed by atoms with Crippen molar-refractivity contribution in [2.24, 2.45) is 5.10 Å². The number of hydrogen-bond donors (Lipinski definition) is 3. The van der Waals surface area contributed by atoms with E-state index in [9.17, 15) is 13.2 Å². The molecule has 0 spiro atoms. The molecule has 1 heterocycles. The van der Waals surface area contributed by atoms with Gasteiger partial charge in [0, 0.05) is 11.8 Å². The Bertz CT molecular complexity index is 866. The molecule has 0 fully saturated rings. The number of nitrogens with zero attached hydrogens (tertiary/aromatic N) is 2. The molecule has 0 aliphatic carbocycles. The van der Waals surface area contributed by atoms with Gasteiger partial charge in [0.25, 0.3) is 10.0 Å². The van der Waals surface area contributed by atoms with Crippen LogP contribution >= 0.6 is 0 Å². The number of nitrogens with one attached hydrogen (secondary N) is 3. The molecule has 1 aromatic carbocycles. The molecule has 1 aliphatic heterocycles. The summed E-state index contributed by atoms with van der Waals surface area (Å²) in [5.74, 6) is 0.365. The topological polar surface area (TPSA) is 121 Å². The minimum atomic E-state index is -4.18. The maximum absolute atomic E-state index is 12.5. The Morgan fingerprint density at radius 1 is 1.37 bits per heavy atom. The van der Waals surface area contributed by atoms with E-state index < -0.39 is 16.1 Å². The average molecular weight is 395 g/mol. The van der Waals surface area contributed by atoms with E-state index in [4.69, 9.17) is 9.47 Å². The number of para-hydroxylation sites is 1. The van der Waals surface area contributed by atoms with Crippen LogP contribution in [0.1, 0.15) is 13.8 Å². The number of carbonyl (C=O) groups is 1. The lowest BCUT2D eigenvalue weighted by atomic mass is 10.3. The van der Waals surface area contributed by atoms with Crippen molar-refractivity contribution in [3.05, 3.63) is 48.7 Å². The highest BCUT2D eigenvalue weighted by atomic mass is 32.2. The van der Waals surface area contributed by atoms with Crippen molar-refractivity contribution < 1.29 is 22.7 Å². The van der Waals surface area contributed by atoms with Crippen molar-refractivity contribution in [1.82, 2.24) is 20.8 Å². The second kappa shape index (κ2) is 8.94. The van der Waals surface area contributed by atoms with Crippen LogP contribution in [0.25, 0.3) is 0 Å². The smallest absolute Gasteiger partial charge is 0.350 e. The fourth-order valence-electron chi connectivity index (χ4n) is 2.04. The first-order valence-corrected chi connectivity index (χ1v) is 9.46. The molecule has 0 radical (unpaired) electrons. The van der Waals surface area contributed by atoms with E-state index in [1.54, 1.807) is 26.0 Å². The standard InChI is InChI=1S/C16H21N5O5S/c1-4-10-26-13-8-6-7-9-14(13)27(23,24)20-16(22)19-21-17-12(3)11-15(18-21)25-5-2/h4,6-9,11,17H,1,5,10H2,2-3H3,(H2,19,20,22). The third kappa shape index (κ3) is 5.64. The summed E-state index contributed by atoms with van der Waals surface area (Å²) < 4.78 is 37.5. The second-order valence-electron chi connectivity index (χ2n) is 5.22. The van der Waals surface area contributed by atoms with Gasteiger partial charge in [-0.3, -0.25) is 5.43 Å². The van der Waals surface area contributed by atoms with Crippen LogP contribution in [-0.2, 0) is 14.8 Å². The number of hydrogen-bond acceptors (Lipinski definition) is 8. The SMILES string of the molecule is C=CCOc1ccccc1S(=O)(=O)NC(=O)NN1N=C(OCC)C=C(C)N1. The molecule has 146 valence electrons. The number of rotatable bonds is 7. The first-order valence-electron chi connectivity index (χ1n) is 7.98. The van der Waals surface area contributed by atoms with Gasteiger partial charge in [0.15, 0.2) is 0 Å². The minimum absolute atomic E-state index is 0.101. The van der Waals surface area contributed by atoms with Gasteiger partial charge >= 0.3 is 6.03 Å². The number of carbonyl (C=O) groups excluding carboxylic acids is 1. The molecule has 3 N–H and O–H groups in total. The molecule has 0 bridgehead atoms. The third-order valence-electron chi connectivity index (χ3n) is 3.04. The highest BCUT2D eigenvalue weighted by molar-refractivity contribution is 7.90. The lowest BCUT2D eigenvalue weighted by molar-refractivity contribution is 0.137. The molecule has 0 saturated carbocycles. The van der Waals surface area contributed by atoms with E-state index in [1.807, 2.05) is 4.72 Å². The predicted molar refractivity (Wildman–Crippen MR) is 98.8 cm³/mol. The third-order valence-corrected chi connectivity index (χ3v) is 4.41. The Kier molecular flexibility index (Phi) is 6.66. The molecule has 10 nitrogen and oxygen atoms in total. The van der Waals surface area contributed by atoms with E-state index in [2.05, 4.69) is 22.5 Å². The first-order chi connectivity index (χ1) is 12.9. The first kappa shape index (κ1) is 20.1. The highest BCUT2D eigenvalue weighted by Gasteiger charge is 2.23. The number of hydrazine groups is 2. The molecule has 0 aromatic heterocycles. The maximum Gasteiger partial charge on any atom is 0.350 e. The molecule has 0 saturated heterocycles. The zero-order valence-electron chi connectivity index (χ0n) is 14.9. The molecule has 1 aliphatic rings. The van der Waals surface area contributed by atoms with Gasteiger partial charge in [0.05, 0.1) is 6.61 Å². The van der Waals surface area contributed by atoms with E-state index in [0.717, 1.165) is 5.23 Å². The number of hydrazone groups is 1. The number of sulfonamides is 1. The minimum Gasteiger partial charge on any atom is -0.488 e. The lowest BCUT2D eigenvalue weighted by Crippen LogP contribution is -2.53. The number of benzene rings is 1. The normalized spacial score (nSPS) is 13.6. The molecule has 11 heteroatoms. The van der Waals surface area contributed by atoms with Gasteiger partial charge in [0.2, 0.25) is 5.90 Å². The van der Waals surface area contributed by atoms with Crippen LogP contribution in [0.5, 0.6) is 5.75 Å². The Hall–Kier alpha value is -3.21. The van der Waals surface area contributed by atoms with Gasteiger partial charge in [-0.05, 0) is 26.0 Å².